The van der Waals surface area contributed by atoms with Crippen molar-refractivity contribution in [3.63, 3.8) is 0 Å². The Morgan fingerprint density at radius 1 is 1.67 bits per heavy atom. The second-order valence-electron chi connectivity index (χ2n) is 3.58. The average Bonchev–Trinajstić information content (AvgIpc) is 2.63. The number of carbonyl (C=O) groups excluding carboxylic acids is 1. The van der Waals surface area contributed by atoms with Crippen molar-refractivity contribution in [2.45, 2.75) is 20.4 Å². The molecule has 0 saturated heterocycles. The van der Waals surface area contributed by atoms with Gasteiger partial charge in [0.2, 0.25) is 0 Å². The quantitative estimate of drug-likeness (QED) is 0.781. The maximum Gasteiger partial charge on any atom is 0.309 e. The zero-order valence-corrected chi connectivity index (χ0v) is 10.2. The minimum absolute atomic E-state index is 0.0877. The first-order valence-electron chi connectivity index (χ1n) is 4.96. The van der Waals surface area contributed by atoms with Crippen molar-refractivity contribution in [2.75, 3.05) is 13.7 Å². The van der Waals surface area contributed by atoms with Gasteiger partial charge in [0, 0.05) is 18.0 Å². The van der Waals surface area contributed by atoms with Crippen molar-refractivity contribution in [2.24, 2.45) is 5.92 Å². The van der Waals surface area contributed by atoms with Gasteiger partial charge in [0.1, 0.15) is 0 Å². The minimum atomic E-state index is -0.162. The molecule has 0 radical (unpaired) electrons. The Morgan fingerprint density at radius 2 is 2.40 bits per heavy atom. The van der Waals surface area contributed by atoms with E-state index in [1.807, 2.05) is 6.92 Å². The van der Waals surface area contributed by atoms with Crippen LogP contribution in [0.25, 0.3) is 0 Å². The molecule has 1 atom stereocenters. The van der Waals surface area contributed by atoms with E-state index in [4.69, 9.17) is 0 Å². The van der Waals surface area contributed by atoms with Crippen molar-refractivity contribution in [1.29, 1.82) is 0 Å². The van der Waals surface area contributed by atoms with Gasteiger partial charge in [0.05, 0.1) is 13.0 Å². The third-order valence-corrected chi connectivity index (χ3v) is 3.33. The highest BCUT2D eigenvalue weighted by Crippen LogP contribution is 2.14. The normalized spacial score (nSPS) is 12.5. The smallest absolute Gasteiger partial charge is 0.309 e. The number of esters is 1. The molecule has 3 nitrogen and oxygen atoms in total. The number of rotatable bonds is 5. The molecule has 1 rings (SSSR count). The van der Waals surface area contributed by atoms with Crippen LogP contribution in [0.15, 0.2) is 11.4 Å². The molecule has 0 spiro atoms. The van der Waals surface area contributed by atoms with Crippen molar-refractivity contribution in [3.05, 3.63) is 21.9 Å². The molecular formula is C11H17NO2S. The van der Waals surface area contributed by atoms with Gasteiger partial charge in [-0.2, -0.15) is 0 Å². The predicted octanol–water partition coefficient (Wildman–Crippen LogP) is 1.96. The van der Waals surface area contributed by atoms with E-state index >= 15 is 0 Å². The molecule has 0 fully saturated rings. The van der Waals surface area contributed by atoms with Gasteiger partial charge in [0.15, 0.2) is 0 Å². The summed E-state index contributed by atoms with van der Waals surface area (Å²) in [6, 6.07) is 2.10. The Hall–Kier alpha value is -0.870. The fourth-order valence-electron chi connectivity index (χ4n) is 1.27. The molecule has 1 N–H and O–H groups in total. The zero-order chi connectivity index (χ0) is 11.3. The monoisotopic (exact) mass is 227 g/mol. The highest BCUT2D eigenvalue weighted by molar-refractivity contribution is 7.10. The summed E-state index contributed by atoms with van der Waals surface area (Å²) >= 11 is 1.74. The van der Waals surface area contributed by atoms with E-state index < -0.39 is 0 Å². The van der Waals surface area contributed by atoms with Gasteiger partial charge in [-0.3, -0.25) is 4.79 Å². The Balaban J connectivity index is 2.28. The summed E-state index contributed by atoms with van der Waals surface area (Å²) < 4.78 is 4.65. The molecule has 1 unspecified atom stereocenters. The molecule has 0 amide bonds. The van der Waals surface area contributed by atoms with E-state index in [1.54, 1.807) is 11.3 Å². The molecule has 0 saturated carbocycles. The zero-order valence-electron chi connectivity index (χ0n) is 9.37. The number of thiophene rings is 1. The molecule has 84 valence electrons. The molecule has 4 heteroatoms. The fraction of sp³-hybridized carbons (Fsp3) is 0.545. The van der Waals surface area contributed by atoms with Crippen LogP contribution in [0.5, 0.6) is 0 Å². The summed E-state index contributed by atoms with van der Waals surface area (Å²) in [6.45, 7) is 5.44. The van der Waals surface area contributed by atoms with Gasteiger partial charge < -0.3 is 10.1 Å². The summed E-state index contributed by atoms with van der Waals surface area (Å²) in [7, 11) is 1.42. The summed E-state index contributed by atoms with van der Waals surface area (Å²) in [6.07, 6.45) is 0. The van der Waals surface area contributed by atoms with Crippen molar-refractivity contribution in [3.8, 4) is 0 Å². The van der Waals surface area contributed by atoms with Gasteiger partial charge in [-0.05, 0) is 23.9 Å². The first kappa shape index (κ1) is 12.2. The molecule has 0 aromatic carbocycles. The summed E-state index contributed by atoms with van der Waals surface area (Å²) in [5.74, 6) is -0.249. The maximum atomic E-state index is 11.1. The van der Waals surface area contributed by atoms with Crippen LogP contribution in [-0.4, -0.2) is 19.6 Å². The van der Waals surface area contributed by atoms with Gasteiger partial charge in [-0.15, -0.1) is 11.3 Å². The van der Waals surface area contributed by atoms with Crippen molar-refractivity contribution in [1.82, 2.24) is 5.32 Å². The van der Waals surface area contributed by atoms with Crippen LogP contribution in [0.1, 0.15) is 17.4 Å². The number of methoxy groups -OCH3 is 1. The third kappa shape index (κ3) is 3.64. The molecule has 1 heterocycles. The molecule has 0 aliphatic carbocycles. The first-order chi connectivity index (χ1) is 7.15. The fourth-order valence-corrected chi connectivity index (χ4v) is 2.15. The van der Waals surface area contributed by atoms with Crippen LogP contribution in [0.3, 0.4) is 0 Å². The van der Waals surface area contributed by atoms with Crippen LogP contribution < -0.4 is 5.32 Å². The van der Waals surface area contributed by atoms with Gasteiger partial charge in [0.25, 0.3) is 0 Å². The van der Waals surface area contributed by atoms with E-state index in [0.717, 1.165) is 6.54 Å². The number of carbonyl (C=O) groups is 1. The Kier molecular flexibility index (Phi) is 4.78. The minimum Gasteiger partial charge on any atom is -0.469 e. The van der Waals surface area contributed by atoms with Crippen LogP contribution in [0.2, 0.25) is 0 Å². The number of ether oxygens (including phenoxy) is 1. The SMILES string of the molecule is COC(=O)C(C)CNCc1sccc1C. The van der Waals surface area contributed by atoms with Crippen LogP contribution in [-0.2, 0) is 16.1 Å². The van der Waals surface area contributed by atoms with Crippen LogP contribution in [0, 0.1) is 12.8 Å². The number of nitrogens with one attached hydrogen (secondary N) is 1. The second kappa shape index (κ2) is 5.88. The summed E-state index contributed by atoms with van der Waals surface area (Å²) in [5.41, 5.74) is 1.30. The molecular weight excluding hydrogens is 210 g/mol. The van der Waals surface area contributed by atoms with E-state index in [0.29, 0.717) is 6.54 Å². The van der Waals surface area contributed by atoms with E-state index in [-0.39, 0.29) is 11.9 Å². The first-order valence-corrected chi connectivity index (χ1v) is 5.84. The second-order valence-corrected chi connectivity index (χ2v) is 4.58. The van der Waals surface area contributed by atoms with Gasteiger partial charge >= 0.3 is 5.97 Å². The summed E-state index contributed by atoms with van der Waals surface area (Å²) in [4.78, 5) is 12.4. The lowest BCUT2D eigenvalue weighted by molar-refractivity contribution is -0.144. The molecule has 0 bridgehead atoms. The Morgan fingerprint density at radius 3 is 2.93 bits per heavy atom. The largest absolute Gasteiger partial charge is 0.469 e. The van der Waals surface area contributed by atoms with E-state index in [9.17, 15) is 4.79 Å². The molecule has 1 aromatic rings. The van der Waals surface area contributed by atoms with Crippen molar-refractivity contribution < 1.29 is 9.53 Å². The van der Waals surface area contributed by atoms with E-state index in [1.165, 1.54) is 17.6 Å². The number of aryl methyl sites for hydroxylation is 1. The van der Waals surface area contributed by atoms with Gasteiger partial charge in [-0.1, -0.05) is 6.92 Å². The number of hydrogen-bond donors (Lipinski definition) is 1. The van der Waals surface area contributed by atoms with Crippen LogP contribution >= 0.6 is 11.3 Å². The predicted molar refractivity (Wildman–Crippen MR) is 61.9 cm³/mol. The Bertz CT molecular complexity index is 322. The van der Waals surface area contributed by atoms with Gasteiger partial charge in [-0.25, -0.2) is 0 Å². The topological polar surface area (TPSA) is 38.3 Å². The van der Waals surface area contributed by atoms with Crippen LogP contribution in [0.4, 0.5) is 0 Å². The third-order valence-electron chi connectivity index (χ3n) is 2.31. The lowest BCUT2D eigenvalue weighted by Gasteiger charge is -2.09. The summed E-state index contributed by atoms with van der Waals surface area (Å²) in [5, 5.41) is 5.33. The molecule has 15 heavy (non-hydrogen) atoms. The van der Waals surface area contributed by atoms with E-state index in [2.05, 4.69) is 28.4 Å². The maximum absolute atomic E-state index is 11.1. The Labute approximate surface area is 94.5 Å². The molecule has 1 aromatic heterocycles. The lowest BCUT2D eigenvalue weighted by Crippen LogP contribution is -2.26. The molecule has 0 aliphatic rings. The molecule has 0 aliphatic heterocycles. The highest BCUT2D eigenvalue weighted by atomic mass is 32.1. The lowest BCUT2D eigenvalue weighted by atomic mass is 10.2. The van der Waals surface area contributed by atoms with Crippen molar-refractivity contribution >= 4 is 17.3 Å². The number of hydrogen-bond acceptors (Lipinski definition) is 4. The standard InChI is InChI=1S/C11H17NO2S/c1-8-4-5-15-10(8)7-12-6-9(2)11(13)14-3/h4-5,9,12H,6-7H2,1-3H3. The highest BCUT2D eigenvalue weighted by Gasteiger charge is 2.12. The average molecular weight is 227 g/mol.